The van der Waals surface area contributed by atoms with Crippen LogP contribution in [-0.2, 0) is 19.3 Å². The summed E-state index contributed by atoms with van der Waals surface area (Å²) in [6, 6.07) is 3.51. The third-order valence-corrected chi connectivity index (χ3v) is 4.26. The molecule has 1 saturated heterocycles. The first-order chi connectivity index (χ1) is 8.52. The summed E-state index contributed by atoms with van der Waals surface area (Å²) in [5.41, 5.74) is 0.758. The number of nitrogens with zero attached hydrogens (tertiary/aromatic N) is 1. The molecule has 2 heterocycles. The summed E-state index contributed by atoms with van der Waals surface area (Å²) in [5, 5.41) is 10.7. The van der Waals surface area contributed by atoms with Crippen LogP contribution in [0.1, 0.15) is 16.7 Å². The number of thiophene rings is 1. The van der Waals surface area contributed by atoms with Crippen LogP contribution in [0.2, 0.25) is 0 Å². The van der Waals surface area contributed by atoms with Crippen LogP contribution in [0.3, 0.4) is 0 Å². The summed E-state index contributed by atoms with van der Waals surface area (Å²) in [4.78, 5) is 0.410. The van der Waals surface area contributed by atoms with E-state index >= 15 is 0 Å². The number of hydrogen-bond acceptors (Lipinski definition) is 6. The van der Waals surface area contributed by atoms with Crippen LogP contribution >= 0.6 is 11.3 Å². The van der Waals surface area contributed by atoms with E-state index in [9.17, 15) is 8.42 Å². The van der Waals surface area contributed by atoms with Crippen LogP contribution in [-0.4, -0.2) is 27.9 Å². The van der Waals surface area contributed by atoms with Crippen molar-refractivity contribution in [1.29, 1.82) is 5.26 Å². The highest BCUT2D eigenvalue weighted by Crippen LogP contribution is 2.31. The monoisotopic (exact) mass is 285 g/mol. The molecular weight excluding hydrogens is 274 g/mol. The van der Waals surface area contributed by atoms with E-state index < -0.39 is 16.1 Å². The normalized spacial score (nSPS) is 17.9. The lowest BCUT2D eigenvalue weighted by molar-refractivity contribution is -0.0439. The third kappa shape index (κ3) is 2.79. The van der Waals surface area contributed by atoms with Crippen molar-refractivity contribution in [3.63, 3.8) is 0 Å². The highest BCUT2D eigenvalue weighted by atomic mass is 32.2. The molecule has 0 amide bonds. The van der Waals surface area contributed by atoms with Gasteiger partial charge < -0.3 is 9.47 Å². The van der Waals surface area contributed by atoms with Crippen molar-refractivity contribution in [2.24, 2.45) is 0 Å². The Morgan fingerprint density at radius 3 is 2.78 bits per heavy atom. The van der Waals surface area contributed by atoms with Crippen LogP contribution < -0.4 is 0 Å². The number of hydrogen-bond donors (Lipinski definition) is 0. The van der Waals surface area contributed by atoms with Gasteiger partial charge in [0.1, 0.15) is 11.0 Å². The molecule has 0 radical (unpaired) electrons. The van der Waals surface area contributed by atoms with E-state index in [2.05, 4.69) is 0 Å². The maximum Gasteiger partial charge on any atom is 0.185 e. The van der Waals surface area contributed by atoms with Crippen molar-refractivity contribution in [3.05, 3.63) is 26.8 Å². The molecule has 0 spiro atoms. The first kappa shape index (κ1) is 13.2. The Morgan fingerprint density at radius 1 is 1.56 bits per heavy atom. The molecule has 0 aromatic carbocycles. The number of rotatable bonds is 3. The van der Waals surface area contributed by atoms with Gasteiger partial charge in [-0.2, -0.15) is 5.26 Å². The van der Waals surface area contributed by atoms with Crippen LogP contribution in [0, 0.1) is 11.3 Å². The standard InChI is InChI=1S/C11H11NO4S2/c1-18(13,14)8(7-12)6-10-9(2-5-17-10)11-15-3-4-16-11/h2,5-6,11H,3-4H2,1H3/b8-6+. The third-order valence-electron chi connectivity index (χ3n) is 2.37. The molecule has 1 aromatic rings. The Morgan fingerprint density at radius 2 is 2.22 bits per heavy atom. The largest absolute Gasteiger partial charge is 0.346 e. The molecule has 1 fully saturated rings. The van der Waals surface area contributed by atoms with E-state index in [1.165, 1.54) is 17.4 Å². The van der Waals surface area contributed by atoms with Crippen molar-refractivity contribution in [1.82, 2.24) is 0 Å². The fourth-order valence-electron chi connectivity index (χ4n) is 1.52. The molecule has 1 aliphatic rings. The van der Waals surface area contributed by atoms with Crippen LogP contribution in [0.4, 0.5) is 0 Å². The van der Waals surface area contributed by atoms with Gasteiger partial charge in [0, 0.05) is 16.7 Å². The topological polar surface area (TPSA) is 76.4 Å². The minimum absolute atomic E-state index is 0.260. The SMILES string of the molecule is CS(=O)(=O)/C(C#N)=C/c1sccc1C1OCCO1. The lowest BCUT2D eigenvalue weighted by Gasteiger charge is -2.08. The molecule has 0 saturated carbocycles. The van der Waals surface area contributed by atoms with Gasteiger partial charge in [-0.15, -0.1) is 11.3 Å². The molecule has 2 rings (SSSR count). The molecular formula is C11H11NO4S2. The fraction of sp³-hybridized carbons (Fsp3) is 0.364. The highest BCUT2D eigenvalue weighted by molar-refractivity contribution is 7.95. The predicted octanol–water partition coefficient (Wildman–Crippen LogP) is 1.70. The van der Waals surface area contributed by atoms with Gasteiger partial charge in [-0.1, -0.05) is 0 Å². The fourth-order valence-corrected chi connectivity index (χ4v) is 2.94. The van der Waals surface area contributed by atoms with Gasteiger partial charge in [-0.3, -0.25) is 0 Å². The summed E-state index contributed by atoms with van der Waals surface area (Å²) >= 11 is 1.34. The summed E-state index contributed by atoms with van der Waals surface area (Å²) < 4.78 is 33.5. The zero-order valence-electron chi connectivity index (χ0n) is 9.62. The molecule has 1 aromatic heterocycles. The maximum atomic E-state index is 11.4. The van der Waals surface area contributed by atoms with E-state index in [4.69, 9.17) is 14.7 Å². The lowest BCUT2D eigenvalue weighted by Crippen LogP contribution is -2.00. The van der Waals surface area contributed by atoms with Gasteiger partial charge in [0.25, 0.3) is 0 Å². The maximum absolute atomic E-state index is 11.4. The number of allylic oxidation sites excluding steroid dienone is 1. The van der Waals surface area contributed by atoms with Crippen LogP contribution in [0.15, 0.2) is 16.4 Å². The second-order valence-electron chi connectivity index (χ2n) is 3.71. The number of nitriles is 1. The second kappa shape index (κ2) is 5.20. The molecule has 0 bridgehead atoms. The molecule has 0 unspecified atom stereocenters. The van der Waals surface area contributed by atoms with Crippen molar-refractivity contribution in [2.75, 3.05) is 19.5 Å². The summed E-state index contributed by atoms with van der Waals surface area (Å²) in [6.45, 7) is 1.03. The summed E-state index contributed by atoms with van der Waals surface area (Å²) in [5.74, 6) is 0. The molecule has 0 aliphatic carbocycles. The minimum Gasteiger partial charge on any atom is -0.346 e. The van der Waals surface area contributed by atoms with Crippen molar-refractivity contribution < 1.29 is 17.9 Å². The Bertz CT molecular complexity index is 603. The molecule has 18 heavy (non-hydrogen) atoms. The van der Waals surface area contributed by atoms with Gasteiger partial charge in [-0.25, -0.2) is 8.42 Å². The van der Waals surface area contributed by atoms with Gasteiger partial charge >= 0.3 is 0 Å². The highest BCUT2D eigenvalue weighted by Gasteiger charge is 2.22. The van der Waals surface area contributed by atoms with E-state index in [1.807, 2.05) is 11.4 Å². The van der Waals surface area contributed by atoms with E-state index in [0.717, 1.165) is 11.8 Å². The predicted molar refractivity (Wildman–Crippen MR) is 67.4 cm³/mol. The lowest BCUT2D eigenvalue weighted by atomic mass is 10.2. The van der Waals surface area contributed by atoms with E-state index in [0.29, 0.717) is 18.1 Å². The first-order valence-corrected chi connectivity index (χ1v) is 7.92. The Kier molecular flexibility index (Phi) is 3.82. The number of ether oxygens (including phenoxy) is 2. The van der Waals surface area contributed by atoms with Gasteiger partial charge in [0.2, 0.25) is 0 Å². The van der Waals surface area contributed by atoms with Gasteiger partial charge in [-0.05, 0) is 17.5 Å². The van der Waals surface area contributed by atoms with Crippen molar-refractivity contribution in [3.8, 4) is 6.07 Å². The smallest absolute Gasteiger partial charge is 0.185 e. The number of sulfone groups is 1. The summed E-state index contributed by atoms with van der Waals surface area (Å²) in [6.07, 6.45) is 1.90. The minimum atomic E-state index is -3.51. The molecule has 1 aliphatic heterocycles. The van der Waals surface area contributed by atoms with Crippen LogP contribution in [0.25, 0.3) is 6.08 Å². The molecule has 5 nitrogen and oxygen atoms in total. The molecule has 0 atom stereocenters. The van der Waals surface area contributed by atoms with Gasteiger partial charge in [0.15, 0.2) is 16.1 Å². The molecule has 0 N–H and O–H groups in total. The first-order valence-electron chi connectivity index (χ1n) is 5.15. The van der Waals surface area contributed by atoms with Gasteiger partial charge in [0.05, 0.1) is 13.2 Å². The Hall–Kier alpha value is -1.20. The second-order valence-corrected chi connectivity index (χ2v) is 6.64. The van der Waals surface area contributed by atoms with E-state index in [1.54, 1.807) is 6.07 Å². The quantitative estimate of drug-likeness (QED) is 0.790. The average Bonchev–Trinajstić information content (AvgIpc) is 2.94. The average molecular weight is 285 g/mol. The Balaban J connectivity index is 2.38. The zero-order chi connectivity index (χ0) is 13.2. The zero-order valence-corrected chi connectivity index (χ0v) is 11.3. The molecule has 96 valence electrons. The molecule has 7 heteroatoms. The Labute approximate surface area is 109 Å². The van der Waals surface area contributed by atoms with Crippen molar-refractivity contribution in [2.45, 2.75) is 6.29 Å². The summed E-state index contributed by atoms with van der Waals surface area (Å²) in [7, 11) is -3.51. The van der Waals surface area contributed by atoms with Crippen LogP contribution in [0.5, 0.6) is 0 Å². The van der Waals surface area contributed by atoms with Crippen molar-refractivity contribution >= 4 is 27.3 Å². The van der Waals surface area contributed by atoms with E-state index in [-0.39, 0.29) is 4.91 Å².